The highest BCUT2D eigenvalue weighted by atomic mass is 127. The predicted octanol–water partition coefficient (Wildman–Crippen LogP) is 0.959. The zero-order valence-corrected chi connectivity index (χ0v) is 18.0. The van der Waals surface area contributed by atoms with Gasteiger partial charge in [0.1, 0.15) is 0 Å². The van der Waals surface area contributed by atoms with Crippen LogP contribution in [0.3, 0.4) is 0 Å². The molecule has 0 spiro atoms. The van der Waals surface area contributed by atoms with Crippen LogP contribution in [0, 0.1) is 0 Å². The van der Waals surface area contributed by atoms with E-state index in [2.05, 4.69) is 41.3 Å². The smallest absolute Gasteiger partial charge is 0.210 e. The molecule has 0 aliphatic carbocycles. The Morgan fingerprint density at radius 2 is 1.87 bits per heavy atom. The van der Waals surface area contributed by atoms with Crippen molar-refractivity contribution in [2.75, 3.05) is 38.5 Å². The molecule has 0 saturated carbocycles. The van der Waals surface area contributed by atoms with Crippen LogP contribution in [0.25, 0.3) is 0 Å². The minimum absolute atomic E-state index is 0. The van der Waals surface area contributed by atoms with Crippen molar-refractivity contribution in [2.45, 2.75) is 46.6 Å². The van der Waals surface area contributed by atoms with Crippen molar-refractivity contribution >= 4 is 40.0 Å². The zero-order valence-electron chi connectivity index (χ0n) is 14.8. The van der Waals surface area contributed by atoms with Crippen molar-refractivity contribution in [3.63, 3.8) is 0 Å². The predicted molar refractivity (Wildman–Crippen MR) is 109 cm³/mol. The number of hydrogen-bond donors (Lipinski definition) is 3. The number of primary sulfonamides is 1. The molecule has 0 rings (SSSR count). The summed E-state index contributed by atoms with van der Waals surface area (Å²) in [6.45, 7) is 12.6. The molecule has 140 valence electrons. The first-order valence-electron chi connectivity index (χ1n) is 8.10. The van der Waals surface area contributed by atoms with Crippen molar-refractivity contribution in [3.05, 3.63) is 0 Å². The van der Waals surface area contributed by atoms with Gasteiger partial charge in [0.05, 0.1) is 12.3 Å². The first kappa shape index (κ1) is 25.1. The maximum atomic E-state index is 10.9. The van der Waals surface area contributed by atoms with Gasteiger partial charge in [-0.2, -0.15) is 0 Å². The molecule has 1 unspecified atom stereocenters. The third-order valence-corrected chi connectivity index (χ3v) is 4.13. The molecule has 0 heterocycles. The lowest BCUT2D eigenvalue weighted by molar-refractivity contribution is 0.292. The fraction of sp³-hybridized carbons (Fsp3) is 0.929. The van der Waals surface area contributed by atoms with Gasteiger partial charge in [-0.15, -0.1) is 24.0 Å². The van der Waals surface area contributed by atoms with Crippen LogP contribution in [-0.4, -0.2) is 63.8 Å². The van der Waals surface area contributed by atoms with Crippen molar-refractivity contribution in [1.82, 2.24) is 15.5 Å². The zero-order chi connectivity index (χ0) is 17.0. The molecule has 4 N–H and O–H groups in total. The van der Waals surface area contributed by atoms with E-state index in [-0.39, 0.29) is 42.3 Å². The minimum Gasteiger partial charge on any atom is -0.357 e. The summed E-state index contributed by atoms with van der Waals surface area (Å²) < 4.78 is 21.8. The Morgan fingerprint density at radius 1 is 1.26 bits per heavy atom. The van der Waals surface area contributed by atoms with E-state index in [1.54, 1.807) is 0 Å². The van der Waals surface area contributed by atoms with Crippen LogP contribution in [0.1, 0.15) is 40.5 Å². The monoisotopic (exact) mass is 463 g/mol. The molecule has 0 bridgehead atoms. The molecule has 23 heavy (non-hydrogen) atoms. The summed E-state index contributed by atoms with van der Waals surface area (Å²) in [6.07, 6.45) is 2.16. The summed E-state index contributed by atoms with van der Waals surface area (Å²) >= 11 is 0. The van der Waals surface area contributed by atoms with Gasteiger partial charge < -0.3 is 15.5 Å². The lowest BCUT2D eigenvalue weighted by Gasteiger charge is -2.21. The Labute approximate surface area is 158 Å². The third-order valence-electron chi connectivity index (χ3n) is 3.38. The van der Waals surface area contributed by atoms with E-state index in [0.717, 1.165) is 39.0 Å². The molecule has 0 aromatic carbocycles. The Balaban J connectivity index is 0. The van der Waals surface area contributed by atoms with E-state index in [1.165, 1.54) is 0 Å². The Bertz CT molecular complexity index is 413. The molecule has 0 aliphatic heterocycles. The molecule has 0 saturated heterocycles. The normalized spacial score (nSPS) is 13.6. The summed E-state index contributed by atoms with van der Waals surface area (Å²) in [7, 11) is -3.46. The van der Waals surface area contributed by atoms with Crippen LogP contribution in [0.4, 0.5) is 0 Å². The van der Waals surface area contributed by atoms with Crippen molar-refractivity contribution in [2.24, 2.45) is 10.1 Å². The highest BCUT2D eigenvalue weighted by Gasteiger charge is 2.07. The lowest BCUT2D eigenvalue weighted by atomic mass is 10.2. The highest BCUT2D eigenvalue weighted by molar-refractivity contribution is 14.0. The molecular formula is C14H34IN5O2S. The number of halogens is 1. The van der Waals surface area contributed by atoms with Crippen molar-refractivity contribution < 1.29 is 8.42 Å². The standard InChI is InChI=1S/C14H33N5O2S.HI/c1-5-16-14(17-10-12-22(15,20)21)18-13(4)9-8-11-19(6-2)7-3;/h13H,5-12H2,1-4H3,(H2,15,20,21)(H2,16,17,18);1H. The number of rotatable bonds is 11. The number of nitrogens with zero attached hydrogens (tertiary/aromatic N) is 2. The van der Waals surface area contributed by atoms with Crippen LogP contribution < -0.4 is 15.8 Å². The molecule has 0 aromatic rings. The molecule has 1 atom stereocenters. The fourth-order valence-electron chi connectivity index (χ4n) is 2.07. The molecule has 0 aliphatic rings. The van der Waals surface area contributed by atoms with Gasteiger partial charge in [-0.1, -0.05) is 13.8 Å². The average molecular weight is 463 g/mol. The number of guanidine groups is 1. The number of nitrogens with two attached hydrogens (primary N) is 1. The van der Waals surface area contributed by atoms with E-state index in [0.29, 0.717) is 5.96 Å². The molecular weight excluding hydrogens is 429 g/mol. The largest absolute Gasteiger partial charge is 0.357 e. The second-order valence-electron chi connectivity index (χ2n) is 5.34. The maximum Gasteiger partial charge on any atom is 0.210 e. The number of aliphatic imine (C=N–C) groups is 1. The van der Waals surface area contributed by atoms with E-state index >= 15 is 0 Å². The number of nitrogens with one attached hydrogen (secondary N) is 2. The molecule has 0 radical (unpaired) electrons. The van der Waals surface area contributed by atoms with Gasteiger partial charge in [-0.25, -0.2) is 13.6 Å². The van der Waals surface area contributed by atoms with Gasteiger partial charge in [0.15, 0.2) is 5.96 Å². The molecule has 0 amide bonds. The molecule has 7 nitrogen and oxygen atoms in total. The topological polar surface area (TPSA) is 99.8 Å². The molecule has 0 aromatic heterocycles. The lowest BCUT2D eigenvalue weighted by Crippen LogP contribution is -2.42. The van der Waals surface area contributed by atoms with E-state index in [4.69, 9.17) is 5.14 Å². The van der Waals surface area contributed by atoms with Crippen LogP contribution in [0.2, 0.25) is 0 Å². The van der Waals surface area contributed by atoms with Crippen molar-refractivity contribution in [1.29, 1.82) is 0 Å². The summed E-state index contributed by atoms with van der Waals surface area (Å²) in [6, 6.07) is 0.280. The van der Waals surface area contributed by atoms with Gasteiger partial charge in [-0.05, 0) is 46.3 Å². The van der Waals surface area contributed by atoms with Crippen LogP contribution >= 0.6 is 24.0 Å². The first-order valence-corrected chi connectivity index (χ1v) is 9.81. The van der Waals surface area contributed by atoms with E-state index in [9.17, 15) is 8.42 Å². The second-order valence-corrected chi connectivity index (χ2v) is 7.08. The Morgan fingerprint density at radius 3 is 2.35 bits per heavy atom. The average Bonchev–Trinajstić information content (AvgIpc) is 2.42. The summed E-state index contributed by atoms with van der Waals surface area (Å²) in [5, 5.41) is 11.4. The minimum atomic E-state index is -3.46. The van der Waals surface area contributed by atoms with Crippen LogP contribution in [0.15, 0.2) is 4.99 Å². The third kappa shape index (κ3) is 15.2. The molecule has 9 heteroatoms. The van der Waals surface area contributed by atoms with Crippen LogP contribution in [-0.2, 0) is 10.0 Å². The van der Waals surface area contributed by atoms with E-state index in [1.807, 2.05) is 6.92 Å². The summed E-state index contributed by atoms with van der Waals surface area (Å²) in [5.41, 5.74) is 0. The van der Waals surface area contributed by atoms with Gasteiger partial charge in [0.25, 0.3) is 0 Å². The van der Waals surface area contributed by atoms with Gasteiger partial charge in [0.2, 0.25) is 10.0 Å². The maximum absolute atomic E-state index is 10.9. The first-order chi connectivity index (χ1) is 10.3. The van der Waals surface area contributed by atoms with Gasteiger partial charge >= 0.3 is 0 Å². The summed E-state index contributed by atoms with van der Waals surface area (Å²) in [5.74, 6) is 0.501. The number of sulfonamides is 1. The van der Waals surface area contributed by atoms with Gasteiger partial charge in [0, 0.05) is 12.6 Å². The van der Waals surface area contributed by atoms with Gasteiger partial charge in [-0.3, -0.25) is 4.99 Å². The quantitative estimate of drug-likeness (QED) is 0.241. The molecule has 0 fully saturated rings. The van der Waals surface area contributed by atoms with Crippen LogP contribution in [0.5, 0.6) is 0 Å². The van der Waals surface area contributed by atoms with Crippen molar-refractivity contribution in [3.8, 4) is 0 Å². The number of hydrogen-bond acceptors (Lipinski definition) is 4. The second kappa shape index (κ2) is 14.2. The highest BCUT2D eigenvalue weighted by Crippen LogP contribution is 1.99. The Kier molecular flexibility index (Phi) is 15.5. The van der Waals surface area contributed by atoms with E-state index < -0.39 is 10.0 Å². The summed E-state index contributed by atoms with van der Waals surface area (Å²) in [4.78, 5) is 6.64. The Hall–Kier alpha value is -0.130. The fourth-order valence-corrected chi connectivity index (χ4v) is 2.42. The SMILES string of the molecule is CCNC(=NCCS(N)(=O)=O)NC(C)CCCN(CC)CC.I.